The van der Waals surface area contributed by atoms with Crippen molar-refractivity contribution in [3.8, 4) is 0 Å². The van der Waals surface area contributed by atoms with Crippen molar-refractivity contribution in [3.05, 3.63) is 11.6 Å². The maximum atomic E-state index is 10.7. The van der Waals surface area contributed by atoms with Crippen molar-refractivity contribution in [2.45, 2.75) is 123 Å². The number of hydrogen-bond acceptors (Lipinski definition) is 2. The summed E-state index contributed by atoms with van der Waals surface area (Å²) in [4.78, 5) is 0. The van der Waals surface area contributed by atoms with Crippen LogP contribution in [0.2, 0.25) is 0 Å². The van der Waals surface area contributed by atoms with Crippen molar-refractivity contribution in [1.82, 2.24) is 0 Å². The van der Waals surface area contributed by atoms with Crippen LogP contribution >= 0.6 is 0 Å². The summed E-state index contributed by atoms with van der Waals surface area (Å²) in [5, 5.41) is 21.2. The van der Waals surface area contributed by atoms with Gasteiger partial charge in [-0.05, 0) is 125 Å². The first-order chi connectivity index (χ1) is 13.9. The molecule has 2 heteroatoms. The molecule has 9 atom stereocenters. The van der Waals surface area contributed by atoms with Gasteiger partial charge < -0.3 is 10.2 Å². The molecule has 30 heavy (non-hydrogen) atoms. The molecule has 4 aliphatic rings. The van der Waals surface area contributed by atoms with Gasteiger partial charge in [-0.1, -0.05) is 39.3 Å². The molecular weight excluding hydrogens is 368 g/mol. The predicted octanol–water partition coefficient (Wildman–Crippen LogP) is 6.89. The lowest BCUT2D eigenvalue weighted by Crippen LogP contribution is -2.52. The van der Waals surface area contributed by atoms with Crippen molar-refractivity contribution in [1.29, 1.82) is 0 Å². The highest BCUT2D eigenvalue weighted by atomic mass is 16.3. The molecule has 0 aromatic carbocycles. The molecule has 0 bridgehead atoms. The van der Waals surface area contributed by atoms with Gasteiger partial charge in [0, 0.05) is 0 Å². The van der Waals surface area contributed by atoms with E-state index in [2.05, 4.69) is 33.8 Å². The average Bonchev–Trinajstić information content (AvgIpc) is 3.04. The van der Waals surface area contributed by atoms with E-state index in [-0.39, 0.29) is 0 Å². The monoisotopic (exact) mass is 416 g/mol. The van der Waals surface area contributed by atoms with E-state index in [1.54, 1.807) is 5.57 Å². The quantitative estimate of drug-likeness (QED) is 0.479. The van der Waals surface area contributed by atoms with Crippen LogP contribution in [0, 0.1) is 40.4 Å². The maximum absolute atomic E-state index is 10.7. The lowest BCUT2D eigenvalue weighted by molar-refractivity contribution is -0.0715. The molecule has 0 aromatic heterocycles. The zero-order chi connectivity index (χ0) is 21.9. The highest BCUT2D eigenvalue weighted by Gasteiger charge is 2.59. The second-order valence-corrected chi connectivity index (χ2v) is 13.0. The molecule has 9 unspecified atom stereocenters. The molecule has 3 saturated carbocycles. The van der Waals surface area contributed by atoms with Gasteiger partial charge in [-0.2, -0.15) is 0 Å². The number of hydrogen-bond donors (Lipinski definition) is 2. The SMILES string of the molecule is CCC(C)(O)CCC(C)C1CCC2C3CC=C4CC(C)(O)CCC4(C)C3CCC12C. The number of rotatable bonds is 5. The van der Waals surface area contributed by atoms with Crippen LogP contribution in [-0.2, 0) is 0 Å². The minimum Gasteiger partial charge on any atom is -0.390 e. The highest BCUT2D eigenvalue weighted by molar-refractivity contribution is 5.26. The Hall–Kier alpha value is -0.340. The molecule has 3 fully saturated rings. The summed E-state index contributed by atoms with van der Waals surface area (Å²) in [5.41, 5.74) is 1.41. The lowest BCUT2D eigenvalue weighted by atomic mass is 9.46. The zero-order valence-corrected chi connectivity index (χ0v) is 20.6. The third-order valence-corrected chi connectivity index (χ3v) is 11.0. The Morgan fingerprint density at radius 3 is 2.53 bits per heavy atom. The maximum Gasteiger partial charge on any atom is 0.0657 e. The molecular formula is C28H48O2. The van der Waals surface area contributed by atoms with Gasteiger partial charge in [-0.3, -0.25) is 0 Å². The molecule has 0 aromatic rings. The summed E-state index contributed by atoms with van der Waals surface area (Å²) in [5.74, 6) is 4.07. The van der Waals surface area contributed by atoms with Gasteiger partial charge in [0.25, 0.3) is 0 Å². The van der Waals surface area contributed by atoms with Gasteiger partial charge in [-0.25, -0.2) is 0 Å². The molecule has 0 saturated heterocycles. The van der Waals surface area contributed by atoms with Crippen LogP contribution in [0.5, 0.6) is 0 Å². The molecule has 0 aliphatic heterocycles. The molecule has 0 amide bonds. The molecule has 0 radical (unpaired) electrons. The minimum absolute atomic E-state index is 0.329. The summed E-state index contributed by atoms with van der Waals surface area (Å²) in [6.07, 6.45) is 15.4. The number of fused-ring (bicyclic) bond motifs is 5. The van der Waals surface area contributed by atoms with Crippen LogP contribution in [0.15, 0.2) is 11.6 Å². The Bertz CT molecular complexity index is 676. The third-order valence-electron chi connectivity index (χ3n) is 11.0. The van der Waals surface area contributed by atoms with E-state index in [1.807, 2.05) is 13.8 Å². The molecule has 4 rings (SSSR count). The number of aliphatic hydroxyl groups is 2. The summed E-state index contributed by atoms with van der Waals surface area (Å²) < 4.78 is 0. The minimum atomic E-state index is -0.494. The van der Waals surface area contributed by atoms with E-state index >= 15 is 0 Å². The Morgan fingerprint density at radius 1 is 1.10 bits per heavy atom. The van der Waals surface area contributed by atoms with Crippen LogP contribution in [0.25, 0.3) is 0 Å². The summed E-state index contributed by atoms with van der Waals surface area (Å²) in [6, 6.07) is 0. The molecule has 2 N–H and O–H groups in total. The van der Waals surface area contributed by atoms with E-state index in [1.165, 1.54) is 44.9 Å². The van der Waals surface area contributed by atoms with Gasteiger partial charge in [0.1, 0.15) is 0 Å². The van der Waals surface area contributed by atoms with Crippen LogP contribution < -0.4 is 0 Å². The number of allylic oxidation sites excluding steroid dienone is 1. The van der Waals surface area contributed by atoms with Crippen molar-refractivity contribution in [3.63, 3.8) is 0 Å². The fraction of sp³-hybridized carbons (Fsp3) is 0.929. The molecule has 0 heterocycles. The smallest absolute Gasteiger partial charge is 0.0657 e. The largest absolute Gasteiger partial charge is 0.390 e. The molecule has 172 valence electrons. The van der Waals surface area contributed by atoms with E-state index in [4.69, 9.17) is 0 Å². The van der Waals surface area contributed by atoms with Gasteiger partial charge in [0.15, 0.2) is 0 Å². The fourth-order valence-electron chi connectivity index (χ4n) is 8.70. The Balaban J connectivity index is 1.51. The van der Waals surface area contributed by atoms with E-state index in [9.17, 15) is 10.2 Å². The normalized spacial score (nSPS) is 48.7. The van der Waals surface area contributed by atoms with Crippen molar-refractivity contribution < 1.29 is 10.2 Å². The van der Waals surface area contributed by atoms with E-state index < -0.39 is 11.2 Å². The summed E-state index contributed by atoms with van der Waals surface area (Å²) in [6.45, 7) is 13.8. The van der Waals surface area contributed by atoms with Crippen LogP contribution in [0.1, 0.15) is 112 Å². The van der Waals surface area contributed by atoms with Crippen LogP contribution in [0.4, 0.5) is 0 Å². The summed E-state index contributed by atoms with van der Waals surface area (Å²) >= 11 is 0. The first-order valence-corrected chi connectivity index (χ1v) is 13.1. The van der Waals surface area contributed by atoms with Gasteiger partial charge in [-0.15, -0.1) is 0 Å². The molecule has 4 aliphatic carbocycles. The molecule has 2 nitrogen and oxygen atoms in total. The third kappa shape index (κ3) is 3.72. The molecule has 0 spiro atoms. The zero-order valence-electron chi connectivity index (χ0n) is 20.6. The van der Waals surface area contributed by atoms with Gasteiger partial charge in [0.2, 0.25) is 0 Å². The standard InChI is InChI=1S/C28H48O2/c1-7-25(3,29)14-12-19(2)22-10-11-23-21-9-8-20-18-26(4,30)16-17-27(20,5)24(21)13-15-28(22,23)6/h8,19,21-24,29-30H,7,9-18H2,1-6H3. The van der Waals surface area contributed by atoms with Gasteiger partial charge >= 0.3 is 0 Å². The topological polar surface area (TPSA) is 40.5 Å². The van der Waals surface area contributed by atoms with Crippen LogP contribution in [-0.4, -0.2) is 21.4 Å². The Morgan fingerprint density at radius 2 is 1.83 bits per heavy atom. The lowest BCUT2D eigenvalue weighted by Gasteiger charge is -2.59. The Labute approximate surface area is 185 Å². The first-order valence-electron chi connectivity index (χ1n) is 13.1. The second kappa shape index (κ2) is 7.62. The highest BCUT2D eigenvalue weighted by Crippen LogP contribution is 2.67. The van der Waals surface area contributed by atoms with Gasteiger partial charge in [0.05, 0.1) is 11.2 Å². The van der Waals surface area contributed by atoms with E-state index in [0.717, 1.165) is 49.4 Å². The van der Waals surface area contributed by atoms with Crippen molar-refractivity contribution in [2.24, 2.45) is 40.4 Å². The first kappa shape index (κ1) is 22.8. The summed E-state index contributed by atoms with van der Waals surface area (Å²) in [7, 11) is 0. The van der Waals surface area contributed by atoms with E-state index in [0.29, 0.717) is 16.7 Å². The Kier molecular flexibility index (Phi) is 5.80. The van der Waals surface area contributed by atoms with Crippen molar-refractivity contribution in [2.75, 3.05) is 0 Å². The average molecular weight is 417 g/mol. The van der Waals surface area contributed by atoms with Crippen molar-refractivity contribution >= 4 is 0 Å². The van der Waals surface area contributed by atoms with Crippen LogP contribution in [0.3, 0.4) is 0 Å². The predicted molar refractivity (Wildman–Crippen MR) is 125 cm³/mol. The second-order valence-electron chi connectivity index (χ2n) is 13.0. The fourth-order valence-corrected chi connectivity index (χ4v) is 8.70.